The van der Waals surface area contributed by atoms with Crippen molar-refractivity contribution in [2.24, 2.45) is 0 Å². The number of nitrogens with one attached hydrogen (secondary N) is 1. The fraction of sp³-hybridized carbons (Fsp3) is 0.333. The van der Waals surface area contributed by atoms with Crippen molar-refractivity contribution >= 4 is 0 Å². The van der Waals surface area contributed by atoms with Gasteiger partial charge in [0.15, 0.2) is 0 Å². The van der Waals surface area contributed by atoms with Gasteiger partial charge in [0.25, 0.3) is 0 Å². The molecule has 0 aliphatic carbocycles. The van der Waals surface area contributed by atoms with Crippen molar-refractivity contribution in [1.29, 1.82) is 0 Å². The molecule has 4 heteroatoms. The van der Waals surface area contributed by atoms with Crippen molar-refractivity contribution < 1.29 is 14.2 Å². The van der Waals surface area contributed by atoms with Crippen LogP contribution in [0.3, 0.4) is 0 Å². The zero-order valence-electron chi connectivity index (χ0n) is 12.9. The van der Waals surface area contributed by atoms with Crippen LogP contribution in [0, 0.1) is 5.82 Å². The smallest absolute Gasteiger partial charge is 0.123 e. The summed E-state index contributed by atoms with van der Waals surface area (Å²) in [4.78, 5) is 0. The van der Waals surface area contributed by atoms with Gasteiger partial charge < -0.3 is 15.2 Å². The zero-order valence-corrected chi connectivity index (χ0v) is 12.9. The Morgan fingerprint density at radius 2 is 1.64 bits per heavy atom. The van der Waals surface area contributed by atoms with Crippen molar-refractivity contribution in [2.45, 2.75) is 25.5 Å². The van der Waals surface area contributed by atoms with Crippen LogP contribution in [0.15, 0.2) is 48.5 Å². The van der Waals surface area contributed by atoms with Crippen LogP contribution < -0.4 is 10.1 Å². The molecule has 3 nitrogen and oxygen atoms in total. The highest BCUT2D eigenvalue weighted by atomic mass is 19.1. The number of halogens is 1. The molecule has 2 rings (SSSR count). The van der Waals surface area contributed by atoms with Gasteiger partial charge in [0.2, 0.25) is 0 Å². The molecule has 0 aliphatic heterocycles. The number of hydrogen-bond donors (Lipinski definition) is 2. The first-order valence-electron chi connectivity index (χ1n) is 7.45. The standard InChI is InChI=1S/C18H22FNO2/c1-3-17(13-4-8-15(19)9-5-13)20-12-18(21)14-6-10-16(22-2)11-7-14/h4-11,17-18,20-21H,3,12H2,1-2H3. The van der Waals surface area contributed by atoms with E-state index in [0.29, 0.717) is 6.54 Å². The van der Waals surface area contributed by atoms with Crippen LogP contribution in [0.25, 0.3) is 0 Å². The molecule has 0 bridgehead atoms. The van der Waals surface area contributed by atoms with Crippen LogP contribution in [-0.2, 0) is 0 Å². The Hall–Kier alpha value is -1.91. The summed E-state index contributed by atoms with van der Waals surface area (Å²) >= 11 is 0. The second-order valence-corrected chi connectivity index (χ2v) is 5.21. The third kappa shape index (κ3) is 4.29. The van der Waals surface area contributed by atoms with Crippen molar-refractivity contribution in [3.63, 3.8) is 0 Å². The summed E-state index contributed by atoms with van der Waals surface area (Å²) in [5.74, 6) is 0.526. The van der Waals surface area contributed by atoms with E-state index in [4.69, 9.17) is 4.74 Å². The van der Waals surface area contributed by atoms with E-state index in [1.54, 1.807) is 19.2 Å². The first-order chi connectivity index (χ1) is 10.6. The molecule has 0 saturated heterocycles. The molecule has 2 N–H and O–H groups in total. The molecule has 2 atom stereocenters. The molecule has 2 aromatic carbocycles. The molecular weight excluding hydrogens is 281 g/mol. The number of ether oxygens (including phenoxy) is 1. The number of methoxy groups -OCH3 is 1. The van der Waals surface area contributed by atoms with Crippen LogP contribution in [0.5, 0.6) is 5.75 Å². The van der Waals surface area contributed by atoms with E-state index in [2.05, 4.69) is 12.2 Å². The number of aliphatic hydroxyl groups is 1. The molecule has 22 heavy (non-hydrogen) atoms. The summed E-state index contributed by atoms with van der Waals surface area (Å²) in [6, 6.07) is 13.9. The maximum absolute atomic E-state index is 13.0. The summed E-state index contributed by atoms with van der Waals surface area (Å²) in [6.07, 6.45) is 0.265. The predicted octanol–water partition coefficient (Wildman–Crippen LogP) is 3.61. The van der Waals surface area contributed by atoms with Gasteiger partial charge in [0.1, 0.15) is 11.6 Å². The van der Waals surface area contributed by atoms with Gasteiger partial charge >= 0.3 is 0 Å². The minimum absolute atomic E-state index is 0.0912. The summed E-state index contributed by atoms with van der Waals surface area (Å²) in [5.41, 5.74) is 1.85. The Bertz CT molecular complexity index is 569. The molecule has 0 heterocycles. The fourth-order valence-corrected chi connectivity index (χ4v) is 2.39. The summed E-state index contributed by atoms with van der Waals surface area (Å²) < 4.78 is 18.1. The van der Waals surface area contributed by atoms with Crippen molar-refractivity contribution in [3.8, 4) is 5.75 Å². The van der Waals surface area contributed by atoms with E-state index in [1.165, 1.54) is 12.1 Å². The third-order valence-corrected chi connectivity index (χ3v) is 3.74. The van der Waals surface area contributed by atoms with Gasteiger partial charge in [0, 0.05) is 12.6 Å². The monoisotopic (exact) mass is 303 g/mol. The van der Waals surface area contributed by atoms with Crippen LogP contribution in [-0.4, -0.2) is 18.8 Å². The average Bonchev–Trinajstić information content (AvgIpc) is 2.56. The molecule has 0 aliphatic rings. The highest BCUT2D eigenvalue weighted by Crippen LogP contribution is 2.20. The minimum Gasteiger partial charge on any atom is -0.497 e. The molecule has 0 spiro atoms. The van der Waals surface area contributed by atoms with Gasteiger partial charge in [-0.25, -0.2) is 4.39 Å². The Morgan fingerprint density at radius 1 is 1.05 bits per heavy atom. The van der Waals surface area contributed by atoms with Gasteiger partial charge in [-0.05, 0) is 41.8 Å². The molecule has 0 fully saturated rings. The second-order valence-electron chi connectivity index (χ2n) is 5.21. The quantitative estimate of drug-likeness (QED) is 0.821. The van der Waals surface area contributed by atoms with Crippen molar-refractivity contribution in [3.05, 3.63) is 65.5 Å². The average molecular weight is 303 g/mol. The highest BCUT2D eigenvalue weighted by molar-refractivity contribution is 5.28. The lowest BCUT2D eigenvalue weighted by Crippen LogP contribution is -2.26. The molecule has 0 radical (unpaired) electrons. The van der Waals surface area contributed by atoms with E-state index in [9.17, 15) is 9.50 Å². The van der Waals surface area contributed by atoms with Gasteiger partial charge in [0.05, 0.1) is 13.2 Å². The van der Waals surface area contributed by atoms with Crippen molar-refractivity contribution in [2.75, 3.05) is 13.7 Å². The number of benzene rings is 2. The molecule has 0 saturated carbocycles. The van der Waals surface area contributed by atoms with Crippen LogP contribution in [0.1, 0.15) is 36.6 Å². The maximum Gasteiger partial charge on any atom is 0.123 e. The summed E-state index contributed by atoms with van der Waals surface area (Å²) in [7, 11) is 1.61. The Morgan fingerprint density at radius 3 is 2.18 bits per heavy atom. The van der Waals surface area contributed by atoms with Gasteiger partial charge in [-0.15, -0.1) is 0 Å². The van der Waals surface area contributed by atoms with Gasteiger partial charge in [-0.2, -0.15) is 0 Å². The Balaban J connectivity index is 1.95. The van der Waals surface area contributed by atoms with E-state index in [0.717, 1.165) is 23.3 Å². The molecule has 0 aromatic heterocycles. The first-order valence-corrected chi connectivity index (χ1v) is 7.45. The van der Waals surface area contributed by atoms with E-state index in [1.807, 2.05) is 24.3 Å². The highest BCUT2D eigenvalue weighted by Gasteiger charge is 2.13. The topological polar surface area (TPSA) is 41.5 Å². The molecular formula is C18H22FNO2. The number of hydrogen-bond acceptors (Lipinski definition) is 3. The maximum atomic E-state index is 13.0. The zero-order chi connectivity index (χ0) is 15.9. The van der Waals surface area contributed by atoms with Crippen molar-refractivity contribution in [1.82, 2.24) is 5.32 Å². The molecule has 118 valence electrons. The van der Waals surface area contributed by atoms with Gasteiger partial charge in [-0.3, -0.25) is 0 Å². The van der Waals surface area contributed by atoms with E-state index >= 15 is 0 Å². The molecule has 2 unspecified atom stereocenters. The lowest BCUT2D eigenvalue weighted by Gasteiger charge is -2.20. The first kappa shape index (κ1) is 16.5. The third-order valence-electron chi connectivity index (χ3n) is 3.74. The van der Waals surface area contributed by atoms with Crippen LogP contribution >= 0.6 is 0 Å². The number of aliphatic hydroxyl groups excluding tert-OH is 1. The largest absolute Gasteiger partial charge is 0.497 e. The lowest BCUT2D eigenvalue weighted by molar-refractivity contribution is 0.169. The minimum atomic E-state index is -0.597. The SMILES string of the molecule is CCC(NCC(O)c1ccc(OC)cc1)c1ccc(F)cc1. The van der Waals surface area contributed by atoms with E-state index < -0.39 is 6.10 Å². The Labute approximate surface area is 130 Å². The summed E-state index contributed by atoms with van der Waals surface area (Å²) in [6.45, 7) is 2.49. The summed E-state index contributed by atoms with van der Waals surface area (Å²) in [5, 5.41) is 13.6. The van der Waals surface area contributed by atoms with Crippen LogP contribution in [0.4, 0.5) is 4.39 Å². The van der Waals surface area contributed by atoms with E-state index in [-0.39, 0.29) is 11.9 Å². The molecule has 2 aromatic rings. The predicted molar refractivity (Wildman–Crippen MR) is 85.4 cm³/mol. The van der Waals surface area contributed by atoms with Crippen LogP contribution in [0.2, 0.25) is 0 Å². The second kappa shape index (κ2) is 7.92. The molecule has 0 amide bonds. The lowest BCUT2D eigenvalue weighted by atomic mass is 10.0. The Kier molecular flexibility index (Phi) is 5.92. The fourth-order valence-electron chi connectivity index (χ4n) is 2.39. The normalized spacial score (nSPS) is 13.6. The van der Waals surface area contributed by atoms with Gasteiger partial charge in [-0.1, -0.05) is 31.2 Å². The number of rotatable bonds is 7.